The SMILES string of the molecule is NC(=NCNCCc1ccncc1)c1cnon1. The second-order valence-corrected chi connectivity index (χ2v) is 3.60. The summed E-state index contributed by atoms with van der Waals surface area (Å²) < 4.78 is 4.43. The maximum Gasteiger partial charge on any atom is 0.169 e. The fourth-order valence-electron chi connectivity index (χ4n) is 1.36. The molecule has 2 aromatic heterocycles. The van der Waals surface area contributed by atoms with Crippen molar-refractivity contribution in [2.24, 2.45) is 10.7 Å². The van der Waals surface area contributed by atoms with Crippen molar-refractivity contribution >= 4 is 5.84 Å². The number of aliphatic imine (C=N–C) groups is 1. The van der Waals surface area contributed by atoms with Gasteiger partial charge in [-0.25, -0.2) is 4.63 Å². The highest BCUT2D eigenvalue weighted by Gasteiger charge is 2.01. The van der Waals surface area contributed by atoms with Crippen LogP contribution in [-0.2, 0) is 6.42 Å². The Balaban J connectivity index is 1.69. The van der Waals surface area contributed by atoms with Gasteiger partial charge in [-0.1, -0.05) is 5.16 Å². The molecule has 0 aliphatic rings. The molecule has 0 aromatic carbocycles. The Morgan fingerprint density at radius 2 is 2.22 bits per heavy atom. The van der Waals surface area contributed by atoms with Crippen LogP contribution < -0.4 is 11.1 Å². The molecule has 3 N–H and O–H groups in total. The van der Waals surface area contributed by atoms with Crippen molar-refractivity contribution in [3.8, 4) is 0 Å². The quantitative estimate of drug-likeness (QED) is 0.421. The lowest BCUT2D eigenvalue weighted by Gasteiger charge is -2.02. The molecule has 0 radical (unpaired) electrons. The van der Waals surface area contributed by atoms with Gasteiger partial charge in [0.25, 0.3) is 0 Å². The summed E-state index contributed by atoms with van der Waals surface area (Å²) in [7, 11) is 0. The lowest BCUT2D eigenvalue weighted by atomic mass is 10.2. The third-order valence-corrected chi connectivity index (χ3v) is 2.32. The van der Waals surface area contributed by atoms with Gasteiger partial charge in [0.05, 0.1) is 6.67 Å². The van der Waals surface area contributed by atoms with E-state index >= 15 is 0 Å². The summed E-state index contributed by atoms with van der Waals surface area (Å²) in [5.74, 6) is 0.313. The van der Waals surface area contributed by atoms with Crippen molar-refractivity contribution in [1.29, 1.82) is 0 Å². The number of aromatic nitrogens is 3. The molecule has 0 aliphatic heterocycles. The van der Waals surface area contributed by atoms with E-state index in [0.29, 0.717) is 18.2 Å². The van der Waals surface area contributed by atoms with Crippen LogP contribution in [0, 0.1) is 0 Å². The molecule has 7 heteroatoms. The predicted molar refractivity (Wildman–Crippen MR) is 65.8 cm³/mol. The van der Waals surface area contributed by atoms with Gasteiger partial charge in [0.15, 0.2) is 11.5 Å². The van der Waals surface area contributed by atoms with E-state index in [4.69, 9.17) is 5.73 Å². The Kier molecular flexibility index (Phi) is 4.37. The Bertz CT molecular complexity index is 481. The van der Waals surface area contributed by atoms with Crippen molar-refractivity contribution in [3.63, 3.8) is 0 Å². The monoisotopic (exact) mass is 246 g/mol. The topological polar surface area (TPSA) is 102 Å². The van der Waals surface area contributed by atoms with Crippen LogP contribution in [-0.4, -0.2) is 34.3 Å². The number of amidine groups is 1. The number of hydrogen-bond acceptors (Lipinski definition) is 6. The van der Waals surface area contributed by atoms with Crippen LogP contribution in [0.15, 0.2) is 40.3 Å². The van der Waals surface area contributed by atoms with Crippen LogP contribution in [0.4, 0.5) is 0 Å². The number of nitrogens with two attached hydrogens (primary N) is 1. The van der Waals surface area contributed by atoms with Gasteiger partial charge in [-0.15, -0.1) is 0 Å². The van der Waals surface area contributed by atoms with E-state index in [2.05, 4.69) is 30.2 Å². The smallest absolute Gasteiger partial charge is 0.169 e. The van der Waals surface area contributed by atoms with Gasteiger partial charge in [-0.3, -0.25) is 15.3 Å². The van der Waals surface area contributed by atoms with Crippen molar-refractivity contribution in [2.45, 2.75) is 6.42 Å². The van der Waals surface area contributed by atoms with E-state index in [1.807, 2.05) is 12.1 Å². The van der Waals surface area contributed by atoms with Crippen LogP contribution in [0.5, 0.6) is 0 Å². The highest BCUT2D eigenvalue weighted by molar-refractivity contribution is 5.95. The Morgan fingerprint density at radius 3 is 2.94 bits per heavy atom. The van der Waals surface area contributed by atoms with E-state index < -0.39 is 0 Å². The first kappa shape index (κ1) is 12.2. The zero-order valence-electron chi connectivity index (χ0n) is 9.78. The summed E-state index contributed by atoms with van der Waals surface area (Å²) in [5, 5.41) is 10.2. The largest absolute Gasteiger partial charge is 0.382 e. The van der Waals surface area contributed by atoms with Crippen molar-refractivity contribution in [1.82, 2.24) is 20.6 Å². The maximum absolute atomic E-state index is 5.67. The average Bonchev–Trinajstić information content (AvgIpc) is 2.93. The normalized spacial score (nSPS) is 11.7. The van der Waals surface area contributed by atoms with Gasteiger partial charge < -0.3 is 5.73 Å². The van der Waals surface area contributed by atoms with E-state index in [1.165, 1.54) is 11.8 Å². The molecule has 0 saturated heterocycles. The molecule has 0 amide bonds. The summed E-state index contributed by atoms with van der Waals surface area (Å²) in [6.07, 6.45) is 5.91. The van der Waals surface area contributed by atoms with Gasteiger partial charge in [0.2, 0.25) is 0 Å². The minimum Gasteiger partial charge on any atom is -0.382 e. The lowest BCUT2D eigenvalue weighted by Crippen LogP contribution is -2.21. The maximum atomic E-state index is 5.67. The van der Waals surface area contributed by atoms with Crippen molar-refractivity contribution in [2.75, 3.05) is 13.2 Å². The summed E-state index contributed by atoms with van der Waals surface area (Å²) in [4.78, 5) is 8.07. The number of rotatable bonds is 6. The van der Waals surface area contributed by atoms with E-state index in [0.717, 1.165) is 13.0 Å². The number of pyridine rings is 1. The molecule has 2 heterocycles. The zero-order chi connectivity index (χ0) is 12.6. The molecule has 0 unspecified atom stereocenters. The van der Waals surface area contributed by atoms with Gasteiger partial charge in [0.1, 0.15) is 6.20 Å². The molecule has 2 aromatic rings. The van der Waals surface area contributed by atoms with Crippen LogP contribution >= 0.6 is 0 Å². The predicted octanol–water partition coefficient (Wildman–Crippen LogP) is -0.0403. The molecule has 0 fully saturated rings. The second-order valence-electron chi connectivity index (χ2n) is 3.60. The van der Waals surface area contributed by atoms with Crippen LogP contribution in [0.1, 0.15) is 11.3 Å². The molecule has 0 bridgehead atoms. The van der Waals surface area contributed by atoms with Crippen LogP contribution in [0.2, 0.25) is 0 Å². The fourth-order valence-corrected chi connectivity index (χ4v) is 1.36. The first-order chi connectivity index (χ1) is 8.86. The summed E-state index contributed by atoms with van der Waals surface area (Å²) in [6, 6.07) is 3.97. The summed E-state index contributed by atoms with van der Waals surface area (Å²) in [5.41, 5.74) is 7.35. The molecule has 94 valence electrons. The molecule has 0 spiro atoms. The number of nitrogens with one attached hydrogen (secondary N) is 1. The Morgan fingerprint density at radius 1 is 1.39 bits per heavy atom. The minimum atomic E-state index is 0.313. The number of hydrogen-bond donors (Lipinski definition) is 2. The average molecular weight is 246 g/mol. The third-order valence-electron chi connectivity index (χ3n) is 2.32. The summed E-state index contributed by atoms with van der Waals surface area (Å²) >= 11 is 0. The van der Waals surface area contributed by atoms with E-state index in [-0.39, 0.29) is 0 Å². The third kappa shape index (κ3) is 3.63. The molecular weight excluding hydrogens is 232 g/mol. The zero-order valence-corrected chi connectivity index (χ0v) is 9.78. The van der Waals surface area contributed by atoms with Crippen molar-refractivity contribution in [3.05, 3.63) is 42.0 Å². The molecular formula is C11H14N6O. The first-order valence-corrected chi connectivity index (χ1v) is 5.54. The molecule has 0 saturated carbocycles. The van der Waals surface area contributed by atoms with Crippen LogP contribution in [0.3, 0.4) is 0 Å². The first-order valence-electron chi connectivity index (χ1n) is 5.54. The Hall–Kier alpha value is -2.28. The molecule has 18 heavy (non-hydrogen) atoms. The molecule has 7 nitrogen and oxygen atoms in total. The summed E-state index contributed by atoms with van der Waals surface area (Å²) in [6.45, 7) is 1.25. The van der Waals surface area contributed by atoms with Gasteiger partial charge in [-0.05, 0) is 29.3 Å². The van der Waals surface area contributed by atoms with E-state index in [9.17, 15) is 0 Å². The van der Waals surface area contributed by atoms with Gasteiger partial charge in [-0.2, -0.15) is 0 Å². The standard InChI is InChI=1S/C11H14N6O/c12-11(10-7-16-18-17-10)15-8-14-6-3-9-1-4-13-5-2-9/h1-2,4-5,7,14H,3,6,8H2,(H2,12,15). The molecule has 2 rings (SSSR count). The Labute approximate surface area is 104 Å². The number of nitrogens with zero attached hydrogens (tertiary/aromatic N) is 4. The van der Waals surface area contributed by atoms with Crippen molar-refractivity contribution < 1.29 is 4.63 Å². The molecule has 0 atom stereocenters. The van der Waals surface area contributed by atoms with E-state index in [1.54, 1.807) is 12.4 Å². The van der Waals surface area contributed by atoms with Gasteiger partial charge in [0, 0.05) is 18.9 Å². The second kappa shape index (κ2) is 6.45. The fraction of sp³-hybridized carbons (Fsp3) is 0.273. The minimum absolute atomic E-state index is 0.313. The van der Waals surface area contributed by atoms with Gasteiger partial charge >= 0.3 is 0 Å². The highest BCUT2D eigenvalue weighted by atomic mass is 16.6. The molecule has 0 aliphatic carbocycles. The highest BCUT2D eigenvalue weighted by Crippen LogP contribution is 1.95. The lowest BCUT2D eigenvalue weighted by molar-refractivity contribution is 0.306. The van der Waals surface area contributed by atoms with Crippen LogP contribution in [0.25, 0.3) is 0 Å².